The van der Waals surface area contributed by atoms with Crippen LogP contribution in [0, 0.1) is 5.92 Å². The van der Waals surface area contributed by atoms with Crippen molar-refractivity contribution in [3.8, 4) is 0 Å². The molecule has 0 saturated carbocycles. The van der Waals surface area contributed by atoms with E-state index in [0.29, 0.717) is 22.2 Å². The Morgan fingerprint density at radius 2 is 2.10 bits per heavy atom. The van der Waals surface area contributed by atoms with Crippen molar-refractivity contribution in [2.45, 2.75) is 6.42 Å². The van der Waals surface area contributed by atoms with E-state index >= 15 is 0 Å². The van der Waals surface area contributed by atoms with E-state index in [9.17, 15) is 4.79 Å². The Labute approximate surface area is 133 Å². The summed E-state index contributed by atoms with van der Waals surface area (Å²) in [6, 6.07) is 9.18. The standard InChI is InChI=1S/C16H14Cl2N2O/c17-14-4-3-13(8-15(14)18)20-7-5-12(10-20)16(21)11-2-1-6-19-9-11/h1-4,6,8-9,12H,5,7,10H2. The number of carbonyl (C=O) groups excluding carboxylic acids is 1. The monoisotopic (exact) mass is 320 g/mol. The fourth-order valence-corrected chi connectivity index (χ4v) is 2.93. The Bertz CT molecular complexity index is 661. The third-order valence-electron chi connectivity index (χ3n) is 3.77. The van der Waals surface area contributed by atoms with Crippen molar-refractivity contribution in [1.82, 2.24) is 4.98 Å². The fourth-order valence-electron chi connectivity index (χ4n) is 2.63. The van der Waals surface area contributed by atoms with Crippen LogP contribution in [0.15, 0.2) is 42.7 Å². The number of hydrogen-bond donors (Lipinski definition) is 0. The molecule has 0 amide bonds. The number of hydrogen-bond acceptors (Lipinski definition) is 3. The molecule has 1 unspecified atom stereocenters. The molecular formula is C16H14Cl2N2O. The van der Waals surface area contributed by atoms with Gasteiger partial charge in [-0.2, -0.15) is 0 Å². The molecule has 0 radical (unpaired) electrons. The molecule has 1 aromatic heterocycles. The van der Waals surface area contributed by atoms with E-state index in [1.165, 1.54) is 0 Å². The molecule has 1 aliphatic heterocycles. The number of anilines is 1. The number of aromatic nitrogens is 1. The second-order valence-corrected chi connectivity index (χ2v) is 5.95. The van der Waals surface area contributed by atoms with Gasteiger partial charge >= 0.3 is 0 Å². The Morgan fingerprint density at radius 1 is 1.24 bits per heavy atom. The zero-order chi connectivity index (χ0) is 14.8. The van der Waals surface area contributed by atoms with E-state index in [1.807, 2.05) is 18.2 Å². The molecule has 3 nitrogen and oxygen atoms in total. The van der Waals surface area contributed by atoms with Crippen molar-refractivity contribution in [3.05, 3.63) is 58.3 Å². The van der Waals surface area contributed by atoms with Crippen LogP contribution in [0.4, 0.5) is 5.69 Å². The van der Waals surface area contributed by atoms with Crippen LogP contribution in [0.3, 0.4) is 0 Å². The first kappa shape index (κ1) is 14.4. The van der Waals surface area contributed by atoms with Crippen LogP contribution in [0.25, 0.3) is 0 Å². The molecule has 21 heavy (non-hydrogen) atoms. The molecule has 1 aliphatic rings. The van der Waals surface area contributed by atoms with Crippen molar-refractivity contribution in [2.75, 3.05) is 18.0 Å². The highest BCUT2D eigenvalue weighted by atomic mass is 35.5. The van der Waals surface area contributed by atoms with Crippen LogP contribution in [0.2, 0.25) is 10.0 Å². The molecule has 3 rings (SSSR count). The molecule has 0 N–H and O–H groups in total. The summed E-state index contributed by atoms with van der Waals surface area (Å²) in [6.07, 6.45) is 4.14. The highest BCUT2D eigenvalue weighted by Gasteiger charge is 2.29. The van der Waals surface area contributed by atoms with Gasteiger partial charge in [0, 0.05) is 42.7 Å². The average molecular weight is 321 g/mol. The Hall–Kier alpha value is -1.58. The summed E-state index contributed by atoms with van der Waals surface area (Å²) in [5.41, 5.74) is 1.68. The first-order chi connectivity index (χ1) is 10.1. The molecule has 2 aromatic rings. The molecule has 0 bridgehead atoms. The molecule has 5 heteroatoms. The molecule has 0 aliphatic carbocycles. The third kappa shape index (κ3) is 3.04. The van der Waals surface area contributed by atoms with Gasteiger partial charge in [-0.15, -0.1) is 0 Å². The maximum atomic E-state index is 12.4. The van der Waals surface area contributed by atoms with Crippen molar-refractivity contribution in [1.29, 1.82) is 0 Å². The quantitative estimate of drug-likeness (QED) is 0.798. The van der Waals surface area contributed by atoms with Gasteiger partial charge in [-0.3, -0.25) is 9.78 Å². The largest absolute Gasteiger partial charge is 0.371 e. The van der Waals surface area contributed by atoms with E-state index in [4.69, 9.17) is 23.2 Å². The van der Waals surface area contributed by atoms with Gasteiger partial charge in [0.15, 0.2) is 5.78 Å². The minimum absolute atomic E-state index is 0.00338. The average Bonchev–Trinajstić information content (AvgIpc) is 3.00. The normalized spacial score (nSPS) is 18.0. The molecule has 108 valence electrons. The summed E-state index contributed by atoms with van der Waals surface area (Å²) in [4.78, 5) is 18.6. The van der Waals surface area contributed by atoms with Crippen LogP contribution >= 0.6 is 23.2 Å². The number of carbonyl (C=O) groups is 1. The summed E-state index contributed by atoms with van der Waals surface area (Å²) in [7, 11) is 0. The molecule has 0 spiro atoms. The maximum Gasteiger partial charge on any atom is 0.169 e. The first-order valence-corrected chi connectivity index (χ1v) is 7.55. The summed E-state index contributed by atoms with van der Waals surface area (Å²) in [5.74, 6) is 0.161. The predicted octanol–water partition coefficient (Wildman–Crippen LogP) is 4.10. The molecule has 1 fully saturated rings. The SMILES string of the molecule is O=C(c1cccnc1)C1CCN(c2ccc(Cl)c(Cl)c2)C1. The van der Waals surface area contributed by atoms with Gasteiger partial charge in [-0.1, -0.05) is 23.2 Å². The van der Waals surface area contributed by atoms with Crippen molar-refractivity contribution in [2.24, 2.45) is 5.92 Å². The van der Waals surface area contributed by atoms with E-state index in [2.05, 4.69) is 9.88 Å². The lowest BCUT2D eigenvalue weighted by atomic mass is 9.98. The zero-order valence-corrected chi connectivity index (χ0v) is 12.8. The molecule has 1 atom stereocenters. The van der Waals surface area contributed by atoms with E-state index in [1.54, 1.807) is 24.5 Å². The lowest BCUT2D eigenvalue weighted by Gasteiger charge is -2.19. The van der Waals surface area contributed by atoms with Crippen LogP contribution in [-0.2, 0) is 0 Å². The zero-order valence-electron chi connectivity index (χ0n) is 11.3. The van der Waals surface area contributed by atoms with Gasteiger partial charge < -0.3 is 4.90 Å². The number of Topliss-reactive ketones (excluding diaryl/α,β-unsaturated/α-hetero) is 1. The van der Waals surface area contributed by atoms with E-state index in [-0.39, 0.29) is 11.7 Å². The van der Waals surface area contributed by atoms with Crippen molar-refractivity contribution in [3.63, 3.8) is 0 Å². The Balaban J connectivity index is 1.73. The predicted molar refractivity (Wildman–Crippen MR) is 85.3 cm³/mol. The summed E-state index contributed by atoms with van der Waals surface area (Å²) >= 11 is 12.0. The van der Waals surface area contributed by atoms with Gasteiger partial charge in [0.25, 0.3) is 0 Å². The minimum atomic E-state index is 0.00338. The second-order valence-electron chi connectivity index (χ2n) is 5.14. The van der Waals surface area contributed by atoms with Crippen LogP contribution in [0.5, 0.6) is 0 Å². The summed E-state index contributed by atoms with van der Waals surface area (Å²) < 4.78 is 0. The minimum Gasteiger partial charge on any atom is -0.371 e. The highest BCUT2D eigenvalue weighted by molar-refractivity contribution is 6.42. The third-order valence-corrected chi connectivity index (χ3v) is 4.51. The summed E-state index contributed by atoms with van der Waals surface area (Å²) in [6.45, 7) is 1.54. The first-order valence-electron chi connectivity index (χ1n) is 6.79. The van der Waals surface area contributed by atoms with E-state index < -0.39 is 0 Å². The van der Waals surface area contributed by atoms with Crippen LogP contribution < -0.4 is 4.90 Å². The van der Waals surface area contributed by atoms with Crippen LogP contribution in [-0.4, -0.2) is 23.9 Å². The highest BCUT2D eigenvalue weighted by Crippen LogP contribution is 2.31. The summed E-state index contributed by atoms with van der Waals surface area (Å²) in [5, 5.41) is 1.08. The van der Waals surface area contributed by atoms with Gasteiger partial charge in [0.1, 0.15) is 0 Å². The molecule has 1 aromatic carbocycles. The lowest BCUT2D eigenvalue weighted by molar-refractivity contribution is 0.0931. The second kappa shape index (κ2) is 6.04. The maximum absolute atomic E-state index is 12.4. The number of benzene rings is 1. The van der Waals surface area contributed by atoms with Crippen molar-refractivity contribution >= 4 is 34.7 Å². The molecular weight excluding hydrogens is 307 g/mol. The van der Waals surface area contributed by atoms with Gasteiger partial charge in [0.05, 0.1) is 10.0 Å². The molecule has 2 heterocycles. The topological polar surface area (TPSA) is 33.2 Å². The van der Waals surface area contributed by atoms with Crippen LogP contribution in [0.1, 0.15) is 16.8 Å². The molecule has 1 saturated heterocycles. The van der Waals surface area contributed by atoms with Gasteiger partial charge in [-0.05, 0) is 36.8 Å². The Kier molecular flexibility index (Phi) is 4.13. The Morgan fingerprint density at radius 3 is 2.81 bits per heavy atom. The number of rotatable bonds is 3. The number of halogens is 2. The lowest BCUT2D eigenvalue weighted by Crippen LogP contribution is -2.23. The smallest absolute Gasteiger partial charge is 0.169 e. The number of nitrogens with zero attached hydrogens (tertiary/aromatic N) is 2. The van der Waals surface area contributed by atoms with Gasteiger partial charge in [0.2, 0.25) is 0 Å². The van der Waals surface area contributed by atoms with Crippen molar-refractivity contribution < 1.29 is 4.79 Å². The van der Waals surface area contributed by atoms with Gasteiger partial charge in [-0.25, -0.2) is 0 Å². The number of pyridine rings is 1. The number of ketones is 1. The van der Waals surface area contributed by atoms with E-state index in [0.717, 1.165) is 18.7 Å². The fraction of sp³-hybridized carbons (Fsp3) is 0.250.